The Labute approximate surface area is 124 Å². The minimum Gasteiger partial charge on any atom is -0.453 e. The van der Waals surface area contributed by atoms with Crippen LogP contribution in [-0.2, 0) is 4.74 Å². The number of halogens is 2. The smallest absolute Gasteiger partial charge is 0.407 e. The van der Waals surface area contributed by atoms with Crippen molar-refractivity contribution >= 4 is 27.9 Å². The lowest BCUT2D eigenvalue weighted by Crippen LogP contribution is -2.38. The third kappa shape index (κ3) is 3.09. The largest absolute Gasteiger partial charge is 0.453 e. The summed E-state index contributed by atoms with van der Waals surface area (Å²) in [4.78, 5) is 25.0. The molecule has 0 radical (unpaired) electrons. The van der Waals surface area contributed by atoms with Crippen molar-refractivity contribution in [2.75, 3.05) is 20.2 Å². The van der Waals surface area contributed by atoms with E-state index in [-0.39, 0.29) is 22.0 Å². The number of amides is 2. The second-order valence-electron chi connectivity index (χ2n) is 4.47. The molecule has 0 spiro atoms. The number of carbonyl (C=O) groups excluding carboxylic acids is 2. The number of nitrogens with zero attached hydrogens (tertiary/aromatic N) is 1. The number of hydrogen-bond donors (Lipinski definition) is 1. The second-order valence-corrected chi connectivity index (χ2v) is 5.27. The molecular weight excluding hydrogens is 331 g/mol. The molecule has 1 aliphatic heterocycles. The standard InChI is InChI=1S/C13H14BrFN2O3/c1-20-13(19)16-8-5-6-17(7-8)12(18)9-3-2-4-10(15)11(9)14/h2-4,8H,5-7H2,1H3,(H,16,19). The quantitative estimate of drug-likeness (QED) is 0.894. The molecule has 2 amide bonds. The van der Waals surface area contributed by atoms with E-state index in [1.54, 1.807) is 11.0 Å². The van der Waals surface area contributed by atoms with E-state index in [9.17, 15) is 14.0 Å². The Bertz CT molecular complexity index is 538. The van der Waals surface area contributed by atoms with Gasteiger partial charge in [-0.15, -0.1) is 0 Å². The van der Waals surface area contributed by atoms with Crippen molar-refractivity contribution in [3.05, 3.63) is 34.1 Å². The van der Waals surface area contributed by atoms with Crippen LogP contribution in [0.2, 0.25) is 0 Å². The fourth-order valence-corrected chi connectivity index (χ4v) is 2.56. The predicted octanol–water partition coefficient (Wildman–Crippen LogP) is 2.16. The molecule has 1 heterocycles. The summed E-state index contributed by atoms with van der Waals surface area (Å²) in [7, 11) is 1.29. The van der Waals surface area contributed by atoms with E-state index in [1.807, 2.05) is 0 Å². The van der Waals surface area contributed by atoms with Crippen LogP contribution < -0.4 is 5.32 Å². The molecule has 1 N–H and O–H groups in total. The third-order valence-electron chi connectivity index (χ3n) is 3.16. The fourth-order valence-electron chi connectivity index (χ4n) is 2.13. The monoisotopic (exact) mass is 344 g/mol. The lowest BCUT2D eigenvalue weighted by molar-refractivity contribution is 0.0786. The highest BCUT2D eigenvalue weighted by molar-refractivity contribution is 9.10. The minimum atomic E-state index is -0.517. The normalized spacial score (nSPS) is 17.9. The molecule has 1 atom stereocenters. The van der Waals surface area contributed by atoms with Crippen molar-refractivity contribution in [2.45, 2.75) is 12.5 Å². The summed E-state index contributed by atoms with van der Waals surface area (Å²) in [6.07, 6.45) is 0.129. The summed E-state index contributed by atoms with van der Waals surface area (Å²) in [6, 6.07) is 4.20. The lowest BCUT2D eigenvalue weighted by atomic mass is 10.2. The molecule has 0 bridgehead atoms. The number of alkyl carbamates (subject to hydrolysis) is 1. The van der Waals surface area contributed by atoms with Crippen molar-refractivity contribution in [2.24, 2.45) is 0 Å². The number of ether oxygens (including phenoxy) is 1. The summed E-state index contributed by atoms with van der Waals surface area (Å²) in [6.45, 7) is 0.896. The molecule has 0 aromatic heterocycles. The topological polar surface area (TPSA) is 58.6 Å². The number of methoxy groups -OCH3 is 1. The Morgan fingerprint density at radius 3 is 2.95 bits per heavy atom. The van der Waals surface area contributed by atoms with Crippen LogP contribution in [0.4, 0.5) is 9.18 Å². The van der Waals surface area contributed by atoms with Gasteiger partial charge in [-0.1, -0.05) is 6.07 Å². The first-order valence-electron chi connectivity index (χ1n) is 6.10. The average Bonchev–Trinajstić information content (AvgIpc) is 2.89. The van der Waals surface area contributed by atoms with E-state index < -0.39 is 11.9 Å². The number of carbonyl (C=O) groups is 2. The van der Waals surface area contributed by atoms with Crippen molar-refractivity contribution in [3.63, 3.8) is 0 Å². The molecule has 0 saturated carbocycles. The highest BCUT2D eigenvalue weighted by Crippen LogP contribution is 2.23. The Balaban J connectivity index is 2.04. The van der Waals surface area contributed by atoms with Gasteiger partial charge < -0.3 is 15.0 Å². The molecule has 20 heavy (non-hydrogen) atoms. The molecule has 7 heteroatoms. The molecule has 1 aromatic rings. The number of nitrogens with one attached hydrogen (secondary N) is 1. The van der Waals surface area contributed by atoms with Gasteiger partial charge in [-0.05, 0) is 34.5 Å². The van der Waals surface area contributed by atoms with Crippen LogP contribution in [0.1, 0.15) is 16.8 Å². The molecule has 5 nitrogen and oxygen atoms in total. The van der Waals surface area contributed by atoms with Crippen LogP contribution in [0.5, 0.6) is 0 Å². The lowest BCUT2D eigenvalue weighted by Gasteiger charge is -2.17. The van der Waals surface area contributed by atoms with Crippen molar-refractivity contribution in [1.29, 1.82) is 0 Å². The molecule has 0 aliphatic carbocycles. The third-order valence-corrected chi connectivity index (χ3v) is 3.97. The van der Waals surface area contributed by atoms with Gasteiger partial charge in [0.2, 0.25) is 0 Å². The Morgan fingerprint density at radius 2 is 2.25 bits per heavy atom. The van der Waals surface area contributed by atoms with Gasteiger partial charge in [-0.2, -0.15) is 0 Å². The Hall–Kier alpha value is -1.63. The maximum absolute atomic E-state index is 13.4. The van der Waals surface area contributed by atoms with Gasteiger partial charge in [0, 0.05) is 13.1 Å². The van der Waals surface area contributed by atoms with Crippen LogP contribution in [0.25, 0.3) is 0 Å². The molecule has 1 fully saturated rings. The van der Waals surface area contributed by atoms with Crippen molar-refractivity contribution in [1.82, 2.24) is 10.2 Å². The van der Waals surface area contributed by atoms with Crippen LogP contribution in [0, 0.1) is 5.82 Å². The minimum absolute atomic E-state index is 0.140. The number of likely N-dealkylation sites (tertiary alicyclic amines) is 1. The molecular formula is C13H14BrFN2O3. The van der Waals surface area contributed by atoms with Gasteiger partial charge in [0.25, 0.3) is 5.91 Å². The summed E-state index contributed by atoms with van der Waals surface area (Å²) < 4.78 is 18.1. The Morgan fingerprint density at radius 1 is 1.50 bits per heavy atom. The van der Waals surface area contributed by atoms with Crippen LogP contribution in [-0.4, -0.2) is 43.1 Å². The molecule has 1 saturated heterocycles. The van der Waals surface area contributed by atoms with E-state index in [2.05, 4.69) is 26.0 Å². The first-order chi connectivity index (χ1) is 9.52. The van der Waals surface area contributed by atoms with E-state index in [0.29, 0.717) is 19.5 Å². The van der Waals surface area contributed by atoms with E-state index in [4.69, 9.17) is 0 Å². The summed E-state index contributed by atoms with van der Waals surface area (Å²) in [5, 5.41) is 2.65. The van der Waals surface area contributed by atoms with E-state index in [1.165, 1.54) is 19.2 Å². The van der Waals surface area contributed by atoms with Crippen LogP contribution >= 0.6 is 15.9 Å². The maximum Gasteiger partial charge on any atom is 0.407 e. The number of benzene rings is 1. The number of rotatable bonds is 2. The molecule has 108 valence electrons. The molecule has 1 aromatic carbocycles. The zero-order valence-electron chi connectivity index (χ0n) is 10.9. The van der Waals surface area contributed by atoms with Crippen LogP contribution in [0.3, 0.4) is 0 Å². The molecule has 2 rings (SSSR count). The van der Waals surface area contributed by atoms with Crippen molar-refractivity contribution in [3.8, 4) is 0 Å². The van der Waals surface area contributed by atoms with Gasteiger partial charge in [-0.3, -0.25) is 4.79 Å². The highest BCUT2D eigenvalue weighted by atomic mass is 79.9. The predicted molar refractivity (Wildman–Crippen MR) is 73.9 cm³/mol. The fraction of sp³-hybridized carbons (Fsp3) is 0.385. The summed E-state index contributed by atoms with van der Waals surface area (Å²) in [5.74, 6) is -0.732. The van der Waals surface area contributed by atoms with Crippen LogP contribution in [0.15, 0.2) is 22.7 Å². The number of hydrogen-bond acceptors (Lipinski definition) is 3. The first-order valence-corrected chi connectivity index (χ1v) is 6.90. The SMILES string of the molecule is COC(=O)NC1CCN(C(=O)c2cccc(F)c2Br)C1. The van der Waals surface area contributed by atoms with Gasteiger partial charge >= 0.3 is 6.09 Å². The molecule has 1 unspecified atom stereocenters. The zero-order chi connectivity index (χ0) is 14.7. The summed E-state index contributed by atoms with van der Waals surface area (Å²) in [5.41, 5.74) is 0.281. The summed E-state index contributed by atoms with van der Waals surface area (Å²) >= 11 is 3.08. The highest BCUT2D eigenvalue weighted by Gasteiger charge is 2.29. The van der Waals surface area contributed by atoms with Gasteiger partial charge in [-0.25, -0.2) is 9.18 Å². The van der Waals surface area contributed by atoms with Crippen molar-refractivity contribution < 1.29 is 18.7 Å². The molecule has 1 aliphatic rings. The van der Waals surface area contributed by atoms with Gasteiger partial charge in [0.1, 0.15) is 5.82 Å². The zero-order valence-corrected chi connectivity index (χ0v) is 12.4. The van der Waals surface area contributed by atoms with E-state index >= 15 is 0 Å². The maximum atomic E-state index is 13.4. The Kier molecular flexibility index (Phi) is 4.59. The second kappa shape index (κ2) is 6.21. The average molecular weight is 345 g/mol. The first kappa shape index (κ1) is 14.8. The van der Waals surface area contributed by atoms with E-state index in [0.717, 1.165) is 0 Å². The van der Waals surface area contributed by atoms with Gasteiger partial charge in [0.05, 0.1) is 23.2 Å². The van der Waals surface area contributed by atoms with Gasteiger partial charge in [0.15, 0.2) is 0 Å².